The third kappa shape index (κ3) is 4.91. The van der Waals surface area contributed by atoms with Crippen LogP contribution in [0.25, 0.3) is 0 Å². The Bertz CT molecular complexity index is 137. The Balaban J connectivity index is 1.91. The lowest BCUT2D eigenvalue weighted by Gasteiger charge is -2.13. The van der Waals surface area contributed by atoms with Gasteiger partial charge in [-0.1, -0.05) is 6.92 Å². The lowest BCUT2D eigenvalue weighted by atomic mass is 10.1. The van der Waals surface area contributed by atoms with Gasteiger partial charge in [0, 0.05) is 19.1 Å². The number of hydrogen-bond acceptors (Lipinski definition) is 4. The average molecular weight is 203 g/mol. The van der Waals surface area contributed by atoms with E-state index in [9.17, 15) is 5.11 Å². The predicted molar refractivity (Wildman–Crippen MR) is 54.3 cm³/mol. The van der Waals surface area contributed by atoms with Gasteiger partial charge in [-0.25, -0.2) is 0 Å². The van der Waals surface area contributed by atoms with Crippen LogP contribution in [-0.2, 0) is 9.47 Å². The van der Waals surface area contributed by atoms with Crippen molar-refractivity contribution in [1.29, 1.82) is 0 Å². The number of nitrogens with one attached hydrogen (secondary N) is 1. The standard InChI is InChI=1S/C10H21NO3/c1-2-11-5-10(12)8-14-7-9-3-4-13-6-9/h9-12H,2-8H2,1H3. The Kier molecular flexibility index (Phi) is 6.10. The fraction of sp³-hybridized carbons (Fsp3) is 1.00. The van der Waals surface area contributed by atoms with Gasteiger partial charge in [-0.15, -0.1) is 0 Å². The molecule has 1 heterocycles. The minimum Gasteiger partial charge on any atom is -0.389 e. The van der Waals surface area contributed by atoms with Crippen LogP contribution >= 0.6 is 0 Å². The van der Waals surface area contributed by atoms with Crippen molar-refractivity contribution in [3.05, 3.63) is 0 Å². The van der Waals surface area contributed by atoms with Gasteiger partial charge in [0.1, 0.15) is 0 Å². The zero-order valence-electron chi connectivity index (χ0n) is 8.87. The Hall–Kier alpha value is -0.160. The third-order valence-electron chi connectivity index (χ3n) is 2.32. The molecule has 0 amide bonds. The predicted octanol–water partition coefficient (Wildman–Crippen LogP) is 0.00990. The molecule has 0 spiro atoms. The first kappa shape index (κ1) is 11.9. The van der Waals surface area contributed by atoms with Crippen molar-refractivity contribution in [2.45, 2.75) is 19.4 Å². The summed E-state index contributed by atoms with van der Waals surface area (Å²) in [6.07, 6.45) is 0.695. The number of ether oxygens (including phenoxy) is 2. The monoisotopic (exact) mass is 203 g/mol. The van der Waals surface area contributed by atoms with Crippen LogP contribution in [0.4, 0.5) is 0 Å². The minimum atomic E-state index is -0.391. The van der Waals surface area contributed by atoms with Crippen LogP contribution in [0.5, 0.6) is 0 Å². The molecular weight excluding hydrogens is 182 g/mol. The lowest BCUT2D eigenvalue weighted by Crippen LogP contribution is -2.30. The largest absolute Gasteiger partial charge is 0.389 e. The Morgan fingerprint density at radius 2 is 2.50 bits per heavy atom. The number of aliphatic hydroxyl groups excluding tert-OH is 1. The molecule has 2 unspecified atom stereocenters. The summed E-state index contributed by atoms with van der Waals surface area (Å²) in [5.74, 6) is 0.529. The Morgan fingerprint density at radius 1 is 1.64 bits per heavy atom. The molecule has 1 aliphatic rings. The smallest absolute Gasteiger partial charge is 0.0897 e. The summed E-state index contributed by atoms with van der Waals surface area (Å²) >= 11 is 0. The molecule has 0 radical (unpaired) electrons. The summed E-state index contributed by atoms with van der Waals surface area (Å²) in [6.45, 7) is 6.30. The van der Waals surface area contributed by atoms with Crippen LogP contribution in [-0.4, -0.2) is 50.7 Å². The van der Waals surface area contributed by atoms with Crippen molar-refractivity contribution >= 4 is 0 Å². The van der Waals surface area contributed by atoms with E-state index in [1.165, 1.54) is 0 Å². The van der Waals surface area contributed by atoms with Crippen LogP contribution in [0.1, 0.15) is 13.3 Å². The van der Waals surface area contributed by atoms with Gasteiger partial charge in [-0.2, -0.15) is 0 Å². The first-order valence-electron chi connectivity index (χ1n) is 5.37. The summed E-state index contributed by atoms with van der Waals surface area (Å²) < 4.78 is 10.6. The fourth-order valence-corrected chi connectivity index (χ4v) is 1.46. The molecule has 0 aliphatic carbocycles. The molecule has 0 aromatic carbocycles. The molecule has 0 aromatic heterocycles. The van der Waals surface area contributed by atoms with Gasteiger partial charge >= 0.3 is 0 Å². The van der Waals surface area contributed by atoms with E-state index < -0.39 is 6.10 Å². The van der Waals surface area contributed by atoms with Gasteiger partial charge in [-0.05, 0) is 13.0 Å². The highest BCUT2D eigenvalue weighted by molar-refractivity contribution is 4.64. The van der Waals surface area contributed by atoms with E-state index in [-0.39, 0.29) is 0 Å². The molecule has 2 N–H and O–H groups in total. The maximum Gasteiger partial charge on any atom is 0.0897 e. The first-order valence-corrected chi connectivity index (χ1v) is 5.37. The van der Waals surface area contributed by atoms with Gasteiger partial charge in [0.15, 0.2) is 0 Å². The fourth-order valence-electron chi connectivity index (χ4n) is 1.46. The second-order valence-electron chi connectivity index (χ2n) is 3.73. The van der Waals surface area contributed by atoms with E-state index in [4.69, 9.17) is 9.47 Å². The molecule has 2 atom stereocenters. The summed E-state index contributed by atoms with van der Waals surface area (Å²) in [5.41, 5.74) is 0. The van der Waals surface area contributed by atoms with Crippen molar-refractivity contribution in [1.82, 2.24) is 5.32 Å². The molecule has 1 aliphatic heterocycles. The normalized spacial score (nSPS) is 24.0. The van der Waals surface area contributed by atoms with Crippen molar-refractivity contribution in [3.8, 4) is 0 Å². The van der Waals surface area contributed by atoms with Crippen molar-refractivity contribution in [3.63, 3.8) is 0 Å². The molecule has 1 rings (SSSR count). The van der Waals surface area contributed by atoms with E-state index in [0.717, 1.165) is 26.2 Å². The summed E-state index contributed by atoms with van der Waals surface area (Å²) in [6, 6.07) is 0. The maximum atomic E-state index is 9.44. The molecule has 1 fully saturated rings. The number of aliphatic hydroxyl groups is 1. The van der Waals surface area contributed by atoms with Gasteiger partial charge < -0.3 is 19.9 Å². The van der Waals surface area contributed by atoms with E-state index in [1.54, 1.807) is 0 Å². The van der Waals surface area contributed by atoms with Crippen molar-refractivity contribution in [2.24, 2.45) is 5.92 Å². The van der Waals surface area contributed by atoms with Crippen LogP contribution < -0.4 is 5.32 Å². The van der Waals surface area contributed by atoms with Crippen LogP contribution in [0, 0.1) is 5.92 Å². The van der Waals surface area contributed by atoms with Gasteiger partial charge in [-0.3, -0.25) is 0 Å². The lowest BCUT2D eigenvalue weighted by molar-refractivity contribution is 0.0199. The quantitative estimate of drug-likeness (QED) is 0.612. The molecule has 84 valence electrons. The van der Waals surface area contributed by atoms with Gasteiger partial charge in [0.05, 0.1) is 25.9 Å². The Morgan fingerprint density at radius 3 is 3.14 bits per heavy atom. The van der Waals surface area contributed by atoms with E-state index in [1.807, 2.05) is 6.92 Å². The summed E-state index contributed by atoms with van der Waals surface area (Å²) in [4.78, 5) is 0. The number of likely N-dealkylation sites (N-methyl/N-ethyl adjacent to an activating group) is 1. The molecule has 0 aromatic rings. The van der Waals surface area contributed by atoms with Crippen molar-refractivity contribution in [2.75, 3.05) is 39.5 Å². The van der Waals surface area contributed by atoms with E-state index >= 15 is 0 Å². The molecular formula is C10H21NO3. The molecule has 4 heteroatoms. The van der Waals surface area contributed by atoms with Crippen LogP contribution in [0.2, 0.25) is 0 Å². The Labute approximate surface area is 85.6 Å². The molecule has 14 heavy (non-hydrogen) atoms. The van der Waals surface area contributed by atoms with E-state index in [2.05, 4.69) is 5.32 Å². The second-order valence-corrected chi connectivity index (χ2v) is 3.73. The minimum absolute atomic E-state index is 0.391. The van der Waals surface area contributed by atoms with Gasteiger partial charge in [0.2, 0.25) is 0 Å². The summed E-state index contributed by atoms with van der Waals surface area (Å²) in [7, 11) is 0. The molecule has 0 bridgehead atoms. The highest BCUT2D eigenvalue weighted by Crippen LogP contribution is 2.12. The second kappa shape index (κ2) is 7.17. The van der Waals surface area contributed by atoms with Crippen LogP contribution in [0.15, 0.2) is 0 Å². The maximum absolute atomic E-state index is 9.44. The highest BCUT2D eigenvalue weighted by atomic mass is 16.5. The van der Waals surface area contributed by atoms with Crippen LogP contribution in [0.3, 0.4) is 0 Å². The molecule has 0 saturated carbocycles. The average Bonchev–Trinajstić information content (AvgIpc) is 2.67. The van der Waals surface area contributed by atoms with Gasteiger partial charge in [0.25, 0.3) is 0 Å². The first-order chi connectivity index (χ1) is 6.83. The highest BCUT2D eigenvalue weighted by Gasteiger charge is 2.15. The SMILES string of the molecule is CCNCC(O)COCC1CCOC1. The number of hydrogen-bond donors (Lipinski definition) is 2. The third-order valence-corrected chi connectivity index (χ3v) is 2.32. The zero-order chi connectivity index (χ0) is 10.2. The molecule has 4 nitrogen and oxygen atoms in total. The van der Waals surface area contributed by atoms with E-state index in [0.29, 0.717) is 25.7 Å². The zero-order valence-corrected chi connectivity index (χ0v) is 8.87. The van der Waals surface area contributed by atoms with Crippen molar-refractivity contribution < 1.29 is 14.6 Å². The number of rotatable bonds is 7. The molecule has 1 saturated heterocycles. The topological polar surface area (TPSA) is 50.7 Å². The summed E-state index contributed by atoms with van der Waals surface area (Å²) in [5, 5.41) is 12.5.